The fourth-order valence-corrected chi connectivity index (χ4v) is 2.87. The summed E-state index contributed by atoms with van der Waals surface area (Å²) in [4.78, 5) is 14.5. The van der Waals surface area contributed by atoms with Crippen LogP contribution in [0, 0.1) is 0 Å². The van der Waals surface area contributed by atoms with Gasteiger partial charge in [0.1, 0.15) is 0 Å². The van der Waals surface area contributed by atoms with Gasteiger partial charge in [0.15, 0.2) is 0 Å². The number of carbonyl (C=O) groups excluding carboxylic acids is 1. The van der Waals surface area contributed by atoms with Crippen LogP contribution in [0.5, 0.6) is 0 Å². The molecule has 1 atom stereocenters. The molecule has 2 aromatic rings. The molecule has 1 N–H and O–H groups in total. The maximum Gasteiger partial charge on any atom is 0.226 e. The number of amides is 1. The number of nitrogens with zero attached hydrogens (tertiary/aromatic N) is 3. The molecule has 1 saturated heterocycles. The Labute approximate surface area is 130 Å². The minimum atomic E-state index is 0.0153. The molecule has 0 radical (unpaired) electrons. The zero-order valence-corrected chi connectivity index (χ0v) is 12.9. The average Bonchev–Trinajstić information content (AvgIpc) is 3.21. The molecule has 1 amide bonds. The van der Waals surface area contributed by atoms with E-state index in [9.17, 15) is 4.79 Å². The van der Waals surface area contributed by atoms with Crippen molar-refractivity contribution in [2.75, 3.05) is 23.3 Å². The molecule has 116 valence electrons. The number of nitrogens with one attached hydrogen (secondary N) is 1. The van der Waals surface area contributed by atoms with Gasteiger partial charge in [0.2, 0.25) is 5.91 Å². The maximum atomic E-state index is 12.2. The SMILES string of the molecule is CC(CC(=O)Nc1cccc(N2CCCC2)c1)n1cccn1. The molecule has 0 spiro atoms. The molecule has 0 bridgehead atoms. The molecule has 1 aromatic heterocycles. The van der Waals surface area contributed by atoms with Crippen LogP contribution in [0.4, 0.5) is 11.4 Å². The molecule has 3 rings (SSSR count). The summed E-state index contributed by atoms with van der Waals surface area (Å²) in [7, 11) is 0. The minimum Gasteiger partial charge on any atom is -0.371 e. The van der Waals surface area contributed by atoms with E-state index in [4.69, 9.17) is 0 Å². The van der Waals surface area contributed by atoms with Crippen molar-refractivity contribution in [2.45, 2.75) is 32.2 Å². The van der Waals surface area contributed by atoms with Crippen molar-refractivity contribution in [1.82, 2.24) is 9.78 Å². The summed E-state index contributed by atoms with van der Waals surface area (Å²) in [5, 5.41) is 7.16. The van der Waals surface area contributed by atoms with Crippen LogP contribution in [-0.4, -0.2) is 28.8 Å². The number of hydrogen-bond acceptors (Lipinski definition) is 3. The van der Waals surface area contributed by atoms with Gasteiger partial charge in [-0.15, -0.1) is 0 Å². The third-order valence-electron chi connectivity index (χ3n) is 4.06. The van der Waals surface area contributed by atoms with E-state index in [-0.39, 0.29) is 11.9 Å². The third kappa shape index (κ3) is 3.47. The lowest BCUT2D eigenvalue weighted by Gasteiger charge is -2.18. The molecule has 1 aromatic carbocycles. The molecule has 5 heteroatoms. The van der Waals surface area contributed by atoms with Gasteiger partial charge in [0, 0.05) is 43.3 Å². The second kappa shape index (κ2) is 6.64. The number of hydrogen-bond donors (Lipinski definition) is 1. The van der Waals surface area contributed by atoms with Crippen molar-refractivity contribution in [2.24, 2.45) is 0 Å². The number of carbonyl (C=O) groups is 1. The van der Waals surface area contributed by atoms with Crippen LogP contribution in [0.3, 0.4) is 0 Å². The van der Waals surface area contributed by atoms with Gasteiger partial charge in [-0.2, -0.15) is 5.10 Å². The second-order valence-corrected chi connectivity index (χ2v) is 5.83. The van der Waals surface area contributed by atoms with Gasteiger partial charge in [0.25, 0.3) is 0 Å². The highest BCUT2D eigenvalue weighted by molar-refractivity contribution is 5.91. The molecular weight excluding hydrogens is 276 g/mol. The number of aromatic nitrogens is 2. The van der Waals surface area contributed by atoms with Crippen LogP contribution < -0.4 is 10.2 Å². The Morgan fingerprint density at radius 1 is 1.32 bits per heavy atom. The fourth-order valence-electron chi connectivity index (χ4n) is 2.87. The molecule has 1 unspecified atom stereocenters. The Bertz CT molecular complexity index is 617. The van der Waals surface area contributed by atoms with Crippen LogP contribution in [0.15, 0.2) is 42.7 Å². The van der Waals surface area contributed by atoms with Crippen molar-refractivity contribution in [3.8, 4) is 0 Å². The Morgan fingerprint density at radius 3 is 2.86 bits per heavy atom. The van der Waals surface area contributed by atoms with Crippen LogP contribution in [-0.2, 0) is 4.79 Å². The van der Waals surface area contributed by atoms with Crippen LogP contribution >= 0.6 is 0 Å². The van der Waals surface area contributed by atoms with Gasteiger partial charge >= 0.3 is 0 Å². The molecule has 0 saturated carbocycles. The molecule has 0 aliphatic carbocycles. The van der Waals surface area contributed by atoms with E-state index in [2.05, 4.69) is 27.4 Å². The summed E-state index contributed by atoms with van der Waals surface area (Å²) in [5.74, 6) is 0.0153. The topological polar surface area (TPSA) is 50.2 Å². The summed E-state index contributed by atoms with van der Waals surface area (Å²) in [5.41, 5.74) is 2.05. The van der Waals surface area contributed by atoms with E-state index in [0.717, 1.165) is 18.8 Å². The lowest BCUT2D eigenvalue weighted by atomic mass is 10.2. The standard InChI is InChI=1S/C17H22N4O/c1-14(21-11-5-8-18-21)12-17(22)19-15-6-4-7-16(13-15)20-9-2-3-10-20/h4-8,11,13-14H,2-3,9-10,12H2,1H3,(H,19,22). The Morgan fingerprint density at radius 2 is 2.14 bits per heavy atom. The lowest BCUT2D eigenvalue weighted by molar-refractivity contribution is -0.116. The molecule has 2 heterocycles. The van der Waals surface area contributed by atoms with Gasteiger partial charge in [-0.1, -0.05) is 6.07 Å². The fraction of sp³-hybridized carbons (Fsp3) is 0.412. The molecule has 1 fully saturated rings. The van der Waals surface area contributed by atoms with Crippen molar-refractivity contribution < 1.29 is 4.79 Å². The summed E-state index contributed by atoms with van der Waals surface area (Å²) in [6.45, 7) is 4.20. The summed E-state index contributed by atoms with van der Waals surface area (Å²) in [6, 6.07) is 10.0. The van der Waals surface area contributed by atoms with E-state index < -0.39 is 0 Å². The van der Waals surface area contributed by atoms with Gasteiger partial charge in [-0.3, -0.25) is 9.48 Å². The first kappa shape index (κ1) is 14.6. The number of benzene rings is 1. The number of rotatable bonds is 5. The Hall–Kier alpha value is -2.30. The van der Waals surface area contributed by atoms with Crippen LogP contribution in [0.2, 0.25) is 0 Å². The Kier molecular flexibility index (Phi) is 4.42. The van der Waals surface area contributed by atoms with Crippen LogP contribution in [0.1, 0.15) is 32.2 Å². The highest BCUT2D eigenvalue weighted by Crippen LogP contribution is 2.23. The summed E-state index contributed by atoms with van der Waals surface area (Å²) >= 11 is 0. The molecule has 5 nitrogen and oxygen atoms in total. The van der Waals surface area contributed by atoms with Crippen molar-refractivity contribution in [3.05, 3.63) is 42.7 Å². The predicted octanol–water partition coefficient (Wildman–Crippen LogP) is 3.07. The molecule has 1 aliphatic rings. The highest BCUT2D eigenvalue weighted by atomic mass is 16.1. The zero-order chi connectivity index (χ0) is 15.4. The first-order chi connectivity index (χ1) is 10.7. The zero-order valence-electron chi connectivity index (χ0n) is 12.9. The second-order valence-electron chi connectivity index (χ2n) is 5.83. The highest BCUT2D eigenvalue weighted by Gasteiger charge is 2.14. The first-order valence-electron chi connectivity index (χ1n) is 7.86. The predicted molar refractivity (Wildman–Crippen MR) is 88.1 cm³/mol. The van der Waals surface area contributed by atoms with Gasteiger partial charge < -0.3 is 10.2 Å². The number of anilines is 2. The van der Waals surface area contributed by atoms with Crippen molar-refractivity contribution >= 4 is 17.3 Å². The third-order valence-corrected chi connectivity index (χ3v) is 4.06. The van der Waals surface area contributed by atoms with E-state index >= 15 is 0 Å². The lowest BCUT2D eigenvalue weighted by Crippen LogP contribution is -2.19. The van der Waals surface area contributed by atoms with E-state index in [1.165, 1.54) is 18.5 Å². The van der Waals surface area contributed by atoms with Crippen molar-refractivity contribution in [3.63, 3.8) is 0 Å². The summed E-state index contributed by atoms with van der Waals surface area (Å²) < 4.78 is 1.81. The molecule has 22 heavy (non-hydrogen) atoms. The summed E-state index contributed by atoms with van der Waals surface area (Å²) in [6.07, 6.45) is 6.52. The quantitative estimate of drug-likeness (QED) is 0.923. The van der Waals surface area contributed by atoms with E-state index in [1.54, 1.807) is 10.9 Å². The molecule has 1 aliphatic heterocycles. The van der Waals surface area contributed by atoms with Gasteiger partial charge in [-0.05, 0) is 44.0 Å². The normalized spacial score (nSPS) is 15.8. The van der Waals surface area contributed by atoms with E-state index in [1.807, 2.05) is 31.3 Å². The van der Waals surface area contributed by atoms with Crippen molar-refractivity contribution in [1.29, 1.82) is 0 Å². The molecular formula is C17H22N4O. The van der Waals surface area contributed by atoms with Crippen LogP contribution in [0.25, 0.3) is 0 Å². The largest absolute Gasteiger partial charge is 0.371 e. The van der Waals surface area contributed by atoms with E-state index in [0.29, 0.717) is 6.42 Å². The van der Waals surface area contributed by atoms with Gasteiger partial charge in [-0.25, -0.2) is 0 Å². The monoisotopic (exact) mass is 298 g/mol. The average molecular weight is 298 g/mol. The maximum absolute atomic E-state index is 12.2. The smallest absolute Gasteiger partial charge is 0.226 e. The Balaban J connectivity index is 1.60. The first-order valence-corrected chi connectivity index (χ1v) is 7.86. The van der Waals surface area contributed by atoms with Gasteiger partial charge in [0.05, 0.1) is 6.04 Å². The minimum absolute atomic E-state index is 0.0153.